The summed E-state index contributed by atoms with van der Waals surface area (Å²) in [5.74, 6) is 1.18. The molecule has 1 heterocycles. The Hall–Kier alpha value is -3.41. The van der Waals surface area contributed by atoms with Crippen molar-refractivity contribution in [1.82, 2.24) is 10.1 Å². The van der Waals surface area contributed by atoms with Gasteiger partial charge in [0.1, 0.15) is 12.4 Å². The number of rotatable bonds is 7. The van der Waals surface area contributed by atoms with Gasteiger partial charge in [-0.2, -0.15) is 4.98 Å². The molecule has 132 valence electrons. The fourth-order valence-corrected chi connectivity index (χ4v) is 2.19. The predicted molar refractivity (Wildman–Crippen MR) is 95.6 cm³/mol. The zero-order chi connectivity index (χ0) is 18.2. The third-order valence-corrected chi connectivity index (χ3v) is 3.45. The number of aryl methyl sites for hydroxylation is 1. The Morgan fingerprint density at radius 3 is 2.58 bits per heavy atom. The highest BCUT2D eigenvalue weighted by Crippen LogP contribution is 2.14. The zero-order valence-corrected chi connectivity index (χ0v) is 14.3. The summed E-state index contributed by atoms with van der Waals surface area (Å²) in [6.45, 7) is 2.13. The van der Waals surface area contributed by atoms with Crippen LogP contribution in [0.1, 0.15) is 27.6 Å². The first kappa shape index (κ1) is 17.4. The Kier molecular flexibility index (Phi) is 5.77. The summed E-state index contributed by atoms with van der Waals surface area (Å²) >= 11 is 0. The van der Waals surface area contributed by atoms with Crippen LogP contribution in [0.3, 0.4) is 0 Å². The van der Waals surface area contributed by atoms with Gasteiger partial charge in [-0.05, 0) is 35.9 Å². The summed E-state index contributed by atoms with van der Waals surface area (Å²) in [4.78, 5) is 16.1. The highest BCUT2D eigenvalue weighted by Gasteiger charge is 2.07. The van der Waals surface area contributed by atoms with Crippen molar-refractivity contribution < 1.29 is 18.8 Å². The predicted octanol–water partition coefficient (Wildman–Crippen LogP) is 3.83. The van der Waals surface area contributed by atoms with E-state index in [0.717, 1.165) is 5.56 Å². The average molecular weight is 350 g/mol. The summed E-state index contributed by atoms with van der Waals surface area (Å²) in [6.07, 6.45) is 3.71. The molecule has 0 saturated heterocycles. The van der Waals surface area contributed by atoms with Crippen molar-refractivity contribution in [2.24, 2.45) is 0 Å². The Morgan fingerprint density at radius 1 is 1.12 bits per heavy atom. The van der Waals surface area contributed by atoms with E-state index in [2.05, 4.69) is 10.1 Å². The van der Waals surface area contributed by atoms with Crippen LogP contribution >= 0.6 is 0 Å². The number of carbonyl (C=O) groups excluding carboxylic acids is 1. The van der Waals surface area contributed by atoms with Crippen LogP contribution in [0.25, 0.3) is 6.08 Å². The zero-order valence-electron chi connectivity index (χ0n) is 14.3. The van der Waals surface area contributed by atoms with E-state index in [1.54, 1.807) is 37.3 Å². The van der Waals surface area contributed by atoms with Gasteiger partial charge in [-0.1, -0.05) is 41.6 Å². The minimum Gasteiger partial charge on any atom is -0.485 e. The van der Waals surface area contributed by atoms with Crippen molar-refractivity contribution in [3.05, 3.63) is 83.5 Å². The summed E-state index contributed by atoms with van der Waals surface area (Å²) < 4.78 is 15.6. The lowest BCUT2D eigenvalue weighted by atomic mass is 10.2. The first-order valence-electron chi connectivity index (χ1n) is 8.11. The molecule has 6 heteroatoms. The van der Waals surface area contributed by atoms with Crippen LogP contribution in [-0.2, 0) is 11.3 Å². The Morgan fingerprint density at radius 2 is 1.88 bits per heavy atom. The molecule has 0 aliphatic rings. The number of aromatic nitrogens is 2. The monoisotopic (exact) mass is 350 g/mol. The van der Waals surface area contributed by atoms with Gasteiger partial charge in [-0.3, -0.25) is 0 Å². The van der Waals surface area contributed by atoms with Crippen LogP contribution in [0.2, 0.25) is 0 Å². The molecule has 0 amide bonds. The molecule has 0 aliphatic heterocycles. The highest BCUT2D eigenvalue weighted by molar-refractivity contribution is 5.89. The van der Waals surface area contributed by atoms with E-state index in [1.807, 2.05) is 36.4 Å². The summed E-state index contributed by atoms with van der Waals surface area (Å²) in [6, 6.07) is 16.5. The quantitative estimate of drug-likeness (QED) is 0.603. The first-order chi connectivity index (χ1) is 12.7. The lowest BCUT2D eigenvalue weighted by Gasteiger charge is -2.05. The molecular formula is C20H18N2O4. The number of hydrogen-bond donors (Lipinski definition) is 0. The maximum absolute atomic E-state index is 12.0. The second kappa shape index (κ2) is 8.62. The molecule has 0 atom stereocenters. The molecule has 0 saturated carbocycles. The van der Waals surface area contributed by atoms with E-state index >= 15 is 0 Å². The Balaban J connectivity index is 1.46. The number of benzene rings is 2. The van der Waals surface area contributed by atoms with Crippen molar-refractivity contribution >= 4 is 12.0 Å². The van der Waals surface area contributed by atoms with Crippen LogP contribution in [0.4, 0.5) is 0 Å². The molecule has 3 aromatic rings. The fraction of sp³-hybridized carbons (Fsp3) is 0.150. The minimum atomic E-state index is -0.386. The fourth-order valence-electron chi connectivity index (χ4n) is 2.19. The van der Waals surface area contributed by atoms with Gasteiger partial charge in [0, 0.05) is 6.92 Å². The first-order valence-corrected chi connectivity index (χ1v) is 8.11. The summed E-state index contributed by atoms with van der Waals surface area (Å²) in [5.41, 5.74) is 1.52. The van der Waals surface area contributed by atoms with Gasteiger partial charge >= 0.3 is 5.97 Å². The smallest absolute Gasteiger partial charge is 0.338 e. The topological polar surface area (TPSA) is 74.5 Å². The van der Waals surface area contributed by atoms with Crippen molar-refractivity contribution in [3.8, 4) is 5.75 Å². The van der Waals surface area contributed by atoms with Crippen LogP contribution in [0, 0.1) is 6.92 Å². The molecule has 0 N–H and O–H groups in total. The third-order valence-electron chi connectivity index (χ3n) is 3.45. The average Bonchev–Trinajstić information content (AvgIpc) is 3.10. The van der Waals surface area contributed by atoms with Gasteiger partial charge in [-0.15, -0.1) is 0 Å². The number of esters is 1. The van der Waals surface area contributed by atoms with Gasteiger partial charge < -0.3 is 14.0 Å². The van der Waals surface area contributed by atoms with Crippen molar-refractivity contribution in [3.63, 3.8) is 0 Å². The molecule has 1 aromatic heterocycles. The van der Waals surface area contributed by atoms with Crippen LogP contribution in [0.5, 0.6) is 5.75 Å². The van der Waals surface area contributed by atoms with Crippen LogP contribution in [-0.4, -0.2) is 22.7 Å². The largest absolute Gasteiger partial charge is 0.485 e. The normalized spacial score (nSPS) is 10.8. The molecule has 0 spiro atoms. The van der Waals surface area contributed by atoms with Gasteiger partial charge in [0.25, 0.3) is 0 Å². The van der Waals surface area contributed by atoms with E-state index in [4.69, 9.17) is 14.0 Å². The molecule has 6 nitrogen and oxygen atoms in total. The highest BCUT2D eigenvalue weighted by atomic mass is 16.5. The van der Waals surface area contributed by atoms with Crippen LogP contribution < -0.4 is 4.74 Å². The van der Waals surface area contributed by atoms with Gasteiger partial charge in [0.15, 0.2) is 6.61 Å². The van der Waals surface area contributed by atoms with Crippen molar-refractivity contribution in [2.45, 2.75) is 13.5 Å². The molecule has 2 aromatic carbocycles. The summed E-state index contributed by atoms with van der Waals surface area (Å²) in [5, 5.41) is 3.75. The second-order valence-corrected chi connectivity index (χ2v) is 5.45. The number of ether oxygens (including phenoxy) is 2. The molecule has 0 radical (unpaired) electrons. The van der Waals surface area contributed by atoms with E-state index in [9.17, 15) is 4.79 Å². The summed E-state index contributed by atoms with van der Waals surface area (Å²) in [7, 11) is 0. The van der Waals surface area contributed by atoms with Crippen molar-refractivity contribution in [1.29, 1.82) is 0 Å². The van der Waals surface area contributed by atoms with Gasteiger partial charge in [0.2, 0.25) is 11.7 Å². The Bertz CT molecular complexity index is 870. The molecule has 3 rings (SSSR count). The standard InChI is InChI=1S/C20H18N2O4/c1-15-21-19(22-26-15)14-25-18-11-9-17(10-12-18)20(23)24-13-5-8-16-6-3-2-4-7-16/h2-12H,13-14H2,1H3. The van der Waals surface area contributed by atoms with E-state index in [-0.39, 0.29) is 19.2 Å². The second-order valence-electron chi connectivity index (χ2n) is 5.45. The lowest BCUT2D eigenvalue weighted by Crippen LogP contribution is -2.05. The Labute approximate surface area is 151 Å². The van der Waals surface area contributed by atoms with E-state index in [0.29, 0.717) is 23.0 Å². The number of hydrogen-bond acceptors (Lipinski definition) is 6. The van der Waals surface area contributed by atoms with E-state index < -0.39 is 0 Å². The molecular weight excluding hydrogens is 332 g/mol. The molecule has 0 fully saturated rings. The lowest BCUT2D eigenvalue weighted by molar-refractivity contribution is 0.0550. The number of carbonyl (C=O) groups is 1. The molecule has 26 heavy (non-hydrogen) atoms. The third kappa shape index (κ3) is 5.04. The maximum atomic E-state index is 12.0. The molecule has 0 aliphatic carbocycles. The van der Waals surface area contributed by atoms with Gasteiger partial charge in [0.05, 0.1) is 5.56 Å². The minimum absolute atomic E-state index is 0.200. The number of nitrogens with zero attached hydrogens (tertiary/aromatic N) is 2. The van der Waals surface area contributed by atoms with E-state index in [1.165, 1.54) is 0 Å². The molecule has 0 bridgehead atoms. The van der Waals surface area contributed by atoms with Crippen LogP contribution in [0.15, 0.2) is 65.2 Å². The van der Waals surface area contributed by atoms with Crippen molar-refractivity contribution in [2.75, 3.05) is 6.61 Å². The molecule has 0 unspecified atom stereocenters. The SMILES string of the molecule is Cc1nc(COc2ccc(C(=O)OCC=Cc3ccccc3)cc2)no1. The maximum Gasteiger partial charge on any atom is 0.338 e. The van der Waals surface area contributed by atoms with Gasteiger partial charge in [-0.25, -0.2) is 4.79 Å².